The van der Waals surface area contributed by atoms with Gasteiger partial charge in [0.15, 0.2) is 5.76 Å². The molecule has 0 spiro atoms. The number of aliphatic hydroxyl groups is 1. The van der Waals surface area contributed by atoms with E-state index in [4.69, 9.17) is 10.2 Å². The van der Waals surface area contributed by atoms with E-state index in [0.29, 0.717) is 17.7 Å². The number of rotatable bonds is 5. The van der Waals surface area contributed by atoms with Crippen molar-refractivity contribution < 1.29 is 14.3 Å². The fourth-order valence-electron chi connectivity index (χ4n) is 1.91. The first-order valence-corrected chi connectivity index (χ1v) is 6.35. The normalized spacial score (nSPS) is 12.5. The van der Waals surface area contributed by atoms with Gasteiger partial charge in [0.05, 0.1) is 6.10 Å². The molecule has 0 saturated heterocycles. The van der Waals surface area contributed by atoms with Gasteiger partial charge in [0.25, 0.3) is 5.91 Å². The third-order valence-corrected chi connectivity index (χ3v) is 2.88. The molecule has 0 aliphatic heterocycles. The molecule has 1 aromatic carbocycles. The van der Waals surface area contributed by atoms with E-state index < -0.39 is 6.10 Å². The molecule has 19 heavy (non-hydrogen) atoms. The van der Waals surface area contributed by atoms with Crippen molar-refractivity contribution in [2.75, 3.05) is 12.3 Å². The number of nitrogens with one attached hydrogen (secondary N) is 1. The second kappa shape index (κ2) is 5.75. The lowest BCUT2D eigenvalue weighted by atomic mass is 10.2. The van der Waals surface area contributed by atoms with Crippen molar-refractivity contribution in [3.05, 3.63) is 30.0 Å². The fourth-order valence-corrected chi connectivity index (χ4v) is 1.91. The van der Waals surface area contributed by atoms with E-state index in [-0.39, 0.29) is 18.2 Å². The van der Waals surface area contributed by atoms with Gasteiger partial charge < -0.3 is 20.6 Å². The van der Waals surface area contributed by atoms with E-state index in [1.54, 1.807) is 24.3 Å². The fraction of sp³-hybridized carbons (Fsp3) is 0.357. The van der Waals surface area contributed by atoms with Crippen LogP contribution in [0.2, 0.25) is 0 Å². The van der Waals surface area contributed by atoms with Gasteiger partial charge in [0.2, 0.25) is 0 Å². The van der Waals surface area contributed by atoms with Gasteiger partial charge in [0.1, 0.15) is 5.58 Å². The SMILES string of the molecule is CCCC(O)CNC(=O)c1cc2cc(N)ccc2o1. The van der Waals surface area contributed by atoms with Crippen molar-refractivity contribution in [3.8, 4) is 0 Å². The monoisotopic (exact) mass is 262 g/mol. The van der Waals surface area contributed by atoms with Crippen LogP contribution in [0.5, 0.6) is 0 Å². The summed E-state index contributed by atoms with van der Waals surface area (Å²) in [6, 6.07) is 6.85. The molecule has 102 valence electrons. The minimum Gasteiger partial charge on any atom is -0.451 e. The first-order chi connectivity index (χ1) is 9.10. The van der Waals surface area contributed by atoms with Gasteiger partial charge in [-0.15, -0.1) is 0 Å². The standard InChI is InChI=1S/C14H18N2O3/c1-2-3-11(17)8-16-14(18)13-7-9-6-10(15)4-5-12(9)19-13/h4-7,11,17H,2-3,8,15H2,1H3,(H,16,18). The molecule has 0 saturated carbocycles. The molecule has 0 aliphatic rings. The van der Waals surface area contributed by atoms with E-state index >= 15 is 0 Å². The summed E-state index contributed by atoms with van der Waals surface area (Å²) in [4.78, 5) is 11.9. The number of hydrogen-bond donors (Lipinski definition) is 3. The molecular formula is C14H18N2O3. The smallest absolute Gasteiger partial charge is 0.287 e. The Balaban J connectivity index is 2.05. The van der Waals surface area contributed by atoms with Crippen LogP contribution in [-0.2, 0) is 0 Å². The zero-order valence-corrected chi connectivity index (χ0v) is 10.8. The van der Waals surface area contributed by atoms with Crippen LogP contribution in [-0.4, -0.2) is 23.7 Å². The molecule has 0 fully saturated rings. The first-order valence-electron chi connectivity index (χ1n) is 6.35. The first kappa shape index (κ1) is 13.4. The molecule has 4 N–H and O–H groups in total. The van der Waals surface area contributed by atoms with E-state index in [9.17, 15) is 9.90 Å². The summed E-state index contributed by atoms with van der Waals surface area (Å²) < 4.78 is 5.43. The maximum absolute atomic E-state index is 11.9. The molecular weight excluding hydrogens is 244 g/mol. The Kier molecular flexibility index (Phi) is 4.06. The number of benzene rings is 1. The summed E-state index contributed by atoms with van der Waals surface area (Å²) in [7, 11) is 0. The molecule has 0 bridgehead atoms. The number of furan rings is 1. The Morgan fingerprint density at radius 1 is 1.47 bits per heavy atom. The number of carbonyl (C=O) groups excluding carboxylic acids is 1. The summed E-state index contributed by atoms with van der Waals surface area (Å²) >= 11 is 0. The van der Waals surface area contributed by atoms with Crippen molar-refractivity contribution in [2.45, 2.75) is 25.9 Å². The number of carbonyl (C=O) groups is 1. The summed E-state index contributed by atoms with van der Waals surface area (Å²) in [5.41, 5.74) is 6.91. The topological polar surface area (TPSA) is 88.5 Å². The lowest BCUT2D eigenvalue weighted by Crippen LogP contribution is -2.31. The highest BCUT2D eigenvalue weighted by Crippen LogP contribution is 2.21. The van der Waals surface area contributed by atoms with Gasteiger partial charge in [-0.25, -0.2) is 0 Å². The predicted octanol–water partition coefficient (Wildman–Crippen LogP) is 1.91. The molecule has 2 aromatic rings. The number of nitrogen functional groups attached to an aromatic ring is 1. The van der Waals surface area contributed by atoms with Gasteiger partial charge in [0, 0.05) is 17.6 Å². The van der Waals surface area contributed by atoms with Crippen LogP contribution in [0.25, 0.3) is 11.0 Å². The van der Waals surface area contributed by atoms with Crippen LogP contribution in [0, 0.1) is 0 Å². The van der Waals surface area contributed by atoms with Crippen molar-refractivity contribution in [3.63, 3.8) is 0 Å². The Bertz CT molecular complexity index is 577. The molecule has 2 rings (SSSR count). The van der Waals surface area contributed by atoms with Gasteiger partial charge in [-0.3, -0.25) is 4.79 Å². The van der Waals surface area contributed by atoms with E-state index in [1.165, 1.54) is 0 Å². The van der Waals surface area contributed by atoms with Crippen molar-refractivity contribution in [1.82, 2.24) is 5.32 Å². The minimum absolute atomic E-state index is 0.226. The van der Waals surface area contributed by atoms with E-state index in [2.05, 4.69) is 5.32 Å². The van der Waals surface area contributed by atoms with Gasteiger partial charge >= 0.3 is 0 Å². The van der Waals surface area contributed by atoms with Crippen molar-refractivity contribution in [2.24, 2.45) is 0 Å². The predicted molar refractivity (Wildman–Crippen MR) is 73.9 cm³/mol. The quantitative estimate of drug-likeness (QED) is 0.718. The van der Waals surface area contributed by atoms with Gasteiger partial charge in [-0.2, -0.15) is 0 Å². The number of amides is 1. The van der Waals surface area contributed by atoms with Crippen molar-refractivity contribution in [1.29, 1.82) is 0 Å². The summed E-state index contributed by atoms with van der Waals surface area (Å²) in [6.07, 6.45) is 1.02. The Labute approximate surface area is 111 Å². The second-order valence-corrected chi connectivity index (χ2v) is 4.56. The molecule has 1 aromatic heterocycles. The number of fused-ring (bicyclic) bond motifs is 1. The third kappa shape index (κ3) is 3.26. The average Bonchev–Trinajstić information content (AvgIpc) is 2.79. The third-order valence-electron chi connectivity index (χ3n) is 2.88. The maximum Gasteiger partial charge on any atom is 0.287 e. The lowest BCUT2D eigenvalue weighted by Gasteiger charge is -2.09. The van der Waals surface area contributed by atoms with Gasteiger partial charge in [-0.1, -0.05) is 13.3 Å². The van der Waals surface area contributed by atoms with Crippen LogP contribution in [0.15, 0.2) is 28.7 Å². The number of anilines is 1. The number of hydrogen-bond acceptors (Lipinski definition) is 4. The largest absolute Gasteiger partial charge is 0.451 e. The highest BCUT2D eigenvalue weighted by Gasteiger charge is 2.13. The molecule has 0 radical (unpaired) electrons. The van der Waals surface area contributed by atoms with Crippen LogP contribution in [0.4, 0.5) is 5.69 Å². The zero-order chi connectivity index (χ0) is 13.8. The second-order valence-electron chi connectivity index (χ2n) is 4.56. The van der Waals surface area contributed by atoms with Crippen LogP contribution >= 0.6 is 0 Å². The Morgan fingerprint density at radius 2 is 2.26 bits per heavy atom. The van der Waals surface area contributed by atoms with E-state index in [0.717, 1.165) is 11.8 Å². The Morgan fingerprint density at radius 3 is 3.00 bits per heavy atom. The summed E-state index contributed by atoms with van der Waals surface area (Å²) in [5.74, 6) is -0.103. The highest BCUT2D eigenvalue weighted by atomic mass is 16.3. The van der Waals surface area contributed by atoms with Crippen molar-refractivity contribution >= 4 is 22.6 Å². The lowest BCUT2D eigenvalue weighted by molar-refractivity contribution is 0.0885. The Hall–Kier alpha value is -2.01. The summed E-state index contributed by atoms with van der Waals surface area (Å²) in [6.45, 7) is 2.21. The van der Waals surface area contributed by atoms with Gasteiger partial charge in [-0.05, 0) is 30.7 Å². The average molecular weight is 262 g/mol. The van der Waals surface area contributed by atoms with Crippen LogP contribution in [0.3, 0.4) is 0 Å². The van der Waals surface area contributed by atoms with Crippen LogP contribution in [0.1, 0.15) is 30.3 Å². The maximum atomic E-state index is 11.9. The molecule has 0 aliphatic carbocycles. The highest BCUT2D eigenvalue weighted by molar-refractivity contribution is 5.96. The molecule has 1 amide bonds. The minimum atomic E-state index is -0.519. The number of aliphatic hydroxyl groups excluding tert-OH is 1. The molecule has 1 unspecified atom stereocenters. The molecule has 1 heterocycles. The molecule has 5 nitrogen and oxygen atoms in total. The van der Waals surface area contributed by atoms with Crippen LogP contribution < -0.4 is 11.1 Å². The zero-order valence-electron chi connectivity index (χ0n) is 10.8. The summed E-state index contributed by atoms with van der Waals surface area (Å²) in [5, 5.41) is 13.0. The molecule has 1 atom stereocenters. The number of nitrogens with two attached hydrogens (primary N) is 1. The van der Waals surface area contributed by atoms with E-state index in [1.807, 2.05) is 6.92 Å². The molecule has 5 heteroatoms.